The van der Waals surface area contributed by atoms with E-state index in [0.29, 0.717) is 18.7 Å². The number of methoxy groups -OCH3 is 1. The zero-order valence-electron chi connectivity index (χ0n) is 12.8. The predicted octanol–water partition coefficient (Wildman–Crippen LogP) is 2.32. The first-order chi connectivity index (χ1) is 10.1. The zero-order valence-corrected chi connectivity index (χ0v) is 12.8. The summed E-state index contributed by atoms with van der Waals surface area (Å²) in [6.07, 6.45) is 0.471. The van der Waals surface area contributed by atoms with Gasteiger partial charge in [-0.2, -0.15) is 0 Å². The Hall–Kier alpha value is -1.46. The number of rotatable bonds is 6. The summed E-state index contributed by atoms with van der Waals surface area (Å²) in [7, 11) is 1.60. The van der Waals surface area contributed by atoms with Crippen molar-refractivity contribution in [3.63, 3.8) is 0 Å². The first kappa shape index (κ1) is 15.9. The van der Waals surface area contributed by atoms with Crippen LogP contribution in [-0.4, -0.2) is 37.1 Å². The summed E-state index contributed by atoms with van der Waals surface area (Å²) < 4.78 is 19.1. The lowest BCUT2D eigenvalue weighted by molar-refractivity contribution is -0.131. The van der Waals surface area contributed by atoms with Gasteiger partial charge in [0.2, 0.25) is 5.91 Å². The summed E-state index contributed by atoms with van der Waals surface area (Å²) in [6, 6.07) is 6.32. The van der Waals surface area contributed by atoms with Crippen LogP contribution in [0.1, 0.15) is 32.0 Å². The van der Waals surface area contributed by atoms with Gasteiger partial charge in [-0.3, -0.25) is 10.1 Å². The van der Waals surface area contributed by atoms with Crippen molar-refractivity contribution in [3.8, 4) is 0 Å². The van der Waals surface area contributed by atoms with Gasteiger partial charge in [-0.1, -0.05) is 38.5 Å². The van der Waals surface area contributed by atoms with E-state index in [1.54, 1.807) is 30.2 Å². The average molecular weight is 294 g/mol. The normalized spacial score (nSPS) is 23.6. The molecule has 1 heterocycles. The van der Waals surface area contributed by atoms with Crippen LogP contribution in [0.4, 0.5) is 4.39 Å². The fourth-order valence-corrected chi connectivity index (χ4v) is 2.66. The van der Waals surface area contributed by atoms with E-state index in [-0.39, 0.29) is 23.7 Å². The lowest BCUT2D eigenvalue weighted by Crippen LogP contribution is -2.36. The molecule has 3 unspecified atom stereocenters. The maximum absolute atomic E-state index is 14.1. The van der Waals surface area contributed by atoms with Crippen molar-refractivity contribution in [2.45, 2.75) is 32.5 Å². The largest absolute Gasteiger partial charge is 0.383 e. The Morgan fingerprint density at radius 3 is 2.76 bits per heavy atom. The second kappa shape index (κ2) is 7.00. The lowest BCUT2D eigenvalue weighted by Gasteiger charge is -2.24. The molecule has 1 fully saturated rings. The molecule has 21 heavy (non-hydrogen) atoms. The Kier molecular flexibility index (Phi) is 5.31. The van der Waals surface area contributed by atoms with Crippen molar-refractivity contribution >= 4 is 5.91 Å². The van der Waals surface area contributed by atoms with E-state index in [1.165, 1.54) is 6.07 Å². The summed E-state index contributed by atoms with van der Waals surface area (Å²) in [5, 5.41) is 3.29. The molecule has 1 aliphatic rings. The molecule has 1 saturated heterocycles. The molecule has 1 aliphatic heterocycles. The van der Waals surface area contributed by atoms with Crippen molar-refractivity contribution in [1.29, 1.82) is 0 Å². The molecule has 0 bridgehead atoms. The highest BCUT2D eigenvalue weighted by molar-refractivity contribution is 5.85. The fourth-order valence-electron chi connectivity index (χ4n) is 2.66. The Morgan fingerprint density at radius 1 is 1.43 bits per heavy atom. The number of halogens is 1. The van der Waals surface area contributed by atoms with E-state index < -0.39 is 6.17 Å². The van der Waals surface area contributed by atoms with Crippen molar-refractivity contribution in [2.75, 3.05) is 20.3 Å². The van der Waals surface area contributed by atoms with Gasteiger partial charge >= 0.3 is 0 Å². The maximum Gasteiger partial charge on any atom is 0.241 e. The average Bonchev–Trinajstić information content (AvgIpc) is 2.81. The van der Waals surface area contributed by atoms with Crippen molar-refractivity contribution in [2.24, 2.45) is 5.92 Å². The summed E-state index contributed by atoms with van der Waals surface area (Å²) in [4.78, 5) is 14.3. The van der Waals surface area contributed by atoms with Gasteiger partial charge in [-0.25, -0.2) is 4.39 Å². The standard InChI is InChI=1S/C16H23FN2O2/c1-4-11(2)14-16(20)19(9-10-21-3)15(18-14)12-7-5-6-8-13(12)17/h5-8,11,14-15,18H,4,9-10H2,1-3H3. The van der Waals surface area contributed by atoms with Crippen LogP contribution in [0.15, 0.2) is 24.3 Å². The fraction of sp³-hybridized carbons (Fsp3) is 0.562. The van der Waals surface area contributed by atoms with Crippen LogP contribution in [0.5, 0.6) is 0 Å². The molecule has 5 heteroatoms. The summed E-state index contributed by atoms with van der Waals surface area (Å²) in [6.45, 7) is 4.98. The van der Waals surface area contributed by atoms with E-state index in [0.717, 1.165) is 6.42 Å². The highest BCUT2D eigenvalue weighted by atomic mass is 19.1. The molecule has 1 N–H and O–H groups in total. The van der Waals surface area contributed by atoms with Gasteiger partial charge in [0.1, 0.15) is 12.0 Å². The molecule has 0 radical (unpaired) electrons. The Bertz CT molecular complexity index is 495. The molecule has 4 nitrogen and oxygen atoms in total. The van der Waals surface area contributed by atoms with Gasteiger partial charge < -0.3 is 9.64 Å². The number of amides is 1. The third kappa shape index (κ3) is 3.24. The lowest BCUT2D eigenvalue weighted by atomic mass is 9.99. The number of hydrogen-bond donors (Lipinski definition) is 1. The van der Waals surface area contributed by atoms with Gasteiger partial charge in [0.25, 0.3) is 0 Å². The molecule has 3 atom stereocenters. The molecule has 0 saturated carbocycles. The van der Waals surface area contributed by atoms with Crippen LogP contribution in [0.3, 0.4) is 0 Å². The Balaban J connectivity index is 2.28. The van der Waals surface area contributed by atoms with E-state index >= 15 is 0 Å². The third-order valence-electron chi connectivity index (χ3n) is 4.15. The van der Waals surface area contributed by atoms with Crippen LogP contribution >= 0.6 is 0 Å². The topological polar surface area (TPSA) is 41.6 Å². The van der Waals surface area contributed by atoms with E-state index in [9.17, 15) is 9.18 Å². The molecule has 116 valence electrons. The Labute approximate surface area is 125 Å². The second-order valence-electron chi connectivity index (χ2n) is 5.48. The maximum atomic E-state index is 14.1. The predicted molar refractivity (Wildman–Crippen MR) is 79.1 cm³/mol. The molecular weight excluding hydrogens is 271 g/mol. The van der Waals surface area contributed by atoms with Crippen molar-refractivity contribution in [1.82, 2.24) is 10.2 Å². The van der Waals surface area contributed by atoms with Gasteiger partial charge in [-0.15, -0.1) is 0 Å². The molecular formula is C16H23FN2O2. The van der Waals surface area contributed by atoms with Gasteiger partial charge in [0, 0.05) is 19.2 Å². The van der Waals surface area contributed by atoms with Gasteiger partial charge in [-0.05, 0) is 12.0 Å². The molecule has 1 amide bonds. The highest BCUT2D eigenvalue weighted by Crippen LogP contribution is 2.30. The minimum Gasteiger partial charge on any atom is -0.383 e. The summed E-state index contributed by atoms with van der Waals surface area (Å²) in [5.41, 5.74) is 0.507. The van der Waals surface area contributed by atoms with Gasteiger partial charge in [0.05, 0.1) is 12.6 Å². The Morgan fingerprint density at radius 2 is 2.14 bits per heavy atom. The van der Waals surface area contributed by atoms with E-state index in [1.807, 2.05) is 6.92 Å². The molecule has 1 aromatic carbocycles. The number of nitrogens with one attached hydrogen (secondary N) is 1. The minimum absolute atomic E-state index is 0.0228. The van der Waals surface area contributed by atoms with Gasteiger partial charge in [0.15, 0.2) is 0 Å². The first-order valence-electron chi connectivity index (χ1n) is 7.40. The molecule has 2 rings (SSSR count). The first-order valence-corrected chi connectivity index (χ1v) is 7.40. The van der Waals surface area contributed by atoms with Crippen molar-refractivity contribution < 1.29 is 13.9 Å². The second-order valence-corrected chi connectivity index (χ2v) is 5.48. The molecule has 0 aromatic heterocycles. The number of benzene rings is 1. The van der Waals surface area contributed by atoms with Crippen LogP contribution in [0.2, 0.25) is 0 Å². The zero-order chi connectivity index (χ0) is 15.4. The number of hydrogen-bond acceptors (Lipinski definition) is 3. The number of carbonyl (C=O) groups is 1. The van der Waals surface area contributed by atoms with Crippen LogP contribution in [0, 0.1) is 11.7 Å². The molecule has 1 aromatic rings. The minimum atomic E-state index is -0.423. The van der Waals surface area contributed by atoms with Crippen LogP contribution < -0.4 is 5.32 Å². The monoisotopic (exact) mass is 294 g/mol. The quantitative estimate of drug-likeness (QED) is 0.875. The SMILES string of the molecule is CCC(C)C1NC(c2ccccc2F)N(CCOC)C1=O. The van der Waals surface area contributed by atoms with Crippen LogP contribution in [0.25, 0.3) is 0 Å². The third-order valence-corrected chi connectivity index (χ3v) is 4.15. The van der Waals surface area contributed by atoms with Crippen LogP contribution in [-0.2, 0) is 9.53 Å². The summed E-state index contributed by atoms with van der Waals surface area (Å²) >= 11 is 0. The molecule has 0 aliphatic carbocycles. The molecule has 0 spiro atoms. The van der Waals surface area contributed by atoms with E-state index in [2.05, 4.69) is 12.2 Å². The van der Waals surface area contributed by atoms with Crippen molar-refractivity contribution in [3.05, 3.63) is 35.6 Å². The number of ether oxygens (including phenoxy) is 1. The van der Waals surface area contributed by atoms with E-state index in [4.69, 9.17) is 4.74 Å². The highest BCUT2D eigenvalue weighted by Gasteiger charge is 2.42. The number of nitrogens with zero attached hydrogens (tertiary/aromatic N) is 1. The number of carbonyl (C=O) groups excluding carboxylic acids is 1. The smallest absolute Gasteiger partial charge is 0.241 e. The summed E-state index contributed by atoms with van der Waals surface area (Å²) in [5.74, 6) is -0.0658.